The van der Waals surface area contributed by atoms with Crippen molar-refractivity contribution in [2.45, 2.75) is 12.5 Å². The van der Waals surface area contributed by atoms with Crippen molar-refractivity contribution in [1.29, 1.82) is 0 Å². The maximum absolute atomic E-state index is 13.1. The first kappa shape index (κ1) is 22.9. The molecule has 1 aliphatic heterocycles. The van der Waals surface area contributed by atoms with Crippen LogP contribution in [0.15, 0.2) is 101 Å². The van der Waals surface area contributed by atoms with E-state index in [2.05, 4.69) is 63.3 Å². The van der Waals surface area contributed by atoms with E-state index in [0.717, 1.165) is 31.7 Å². The minimum absolute atomic E-state index is 0.158. The molecule has 1 N–H and O–H groups in total. The van der Waals surface area contributed by atoms with Gasteiger partial charge in [0.15, 0.2) is 0 Å². The Bertz CT molecular complexity index is 1330. The molecule has 3 aromatic carbocycles. The third kappa shape index (κ3) is 4.84. The molecule has 35 heavy (non-hydrogen) atoms. The van der Waals surface area contributed by atoms with Crippen molar-refractivity contribution in [3.05, 3.63) is 134 Å². The van der Waals surface area contributed by atoms with Gasteiger partial charge in [-0.15, -0.1) is 0 Å². The second kappa shape index (κ2) is 10.2. The molecule has 1 aromatic heterocycles. The molecule has 6 heteroatoms. The number of piperazine rings is 1. The Balaban J connectivity index is 1.43. The largest absolute Gasteiger partial charge is 0.355 e. The Kier molecular flexibility index (Phi) is 6.64. The molecule has 4 aromatic rings. The highest BCUT2D eigenvalue weighted by Crippen LogP contribution is 2.30. The predicted molar refractivity (Wildman–Crippen MR) is 140 cm³/mol. The second-order valence-corrected chi connectivity index (χ2v) is 9.03. The van der Waals surface area contributed by atoms with Gasteiger partial charge in [-0.25, -0.2) is 4.79 Å². The molecule has 0 spiro atoms. The number of anilines is 1. The molecule has 178 valence electrons. The molecule has 2 heterocycles. The molecule has 0 aliphatic carbocycles. The van der Waals surface area contributed by atoms with Crippen LogP contribution in [0, 0.1) is 0 Å². The van der Waals surface area contributed by atoms with Gasteiger partial charge in [0.25, 0.3) is 5.56 Å². The Morgan fingerprint density at radius 1 is 0.743 bits per heavy atom. The topological polar surface area (TPSA) is 61.3 Å². The van der Waals surface area contributed by atoms with Crippen molar-refractivity contribution >= 4 is 5.82 Å². The third-order valence-electron chi connectivity index (χ3n) is 6.83. The second-order valence-electron chi connectivity index (χ2n) is 9.03. The van der Waals surface area contributed by atoms with E-state index in [-0.39, 0.29) is 17.3 Å². The number of H-pyrrole nitrogens is 1. The zero-order chi connectivity index (χ0) is 24.2. The SMILES string of the molecule is Cn1c(=O)[nH]c(N2CCN(C(c3ccccc3)c3ccccc3)CC2)c(Cc2ccccc2)c1=O. The summed E-state index contributed by atoms with van der Waals surface area (Å²) in [7, 11) is 1.53. The van der Waals surface area contributed by atoms with Crippen LogP contribution in [0.3, 0.4) is 0 Å². The minimum atomic E-state index is -0.379. The van der Waals surface area contributed by atoms with Crippen LogP contribution in [-0.4, -0.2) is 40.6 Å². The first-order valence-electron chi connectivity index (χ1n) is 12.1. The summed E-state index contributed by atoms with van der Waals surface area (Å²) in [6.07, 6.45) is 0.483. The highest BCUT2D eigenvalue weighted by atomic mass is 16.2. The van der Waals surface area contributed by atoms with Crippen LogP contribution in [0.2, 0.25) is 0 Å². The number of nitrogens with one attached hydrogen (secondary N) is 1. The zero-order valence-electron chi connectivity index (χ0n) is 19.9. The van der Waals surface area contributed by atoms with E-state index in [9.17, 15) is 9.59 Å². The first-order valence-corrected chi connectivity index (χ1v) is 12.1. The average Bonchev–Trinajstić information content (AvgIpc) is 2.91. The first-order chi connectivity index (χ1) is 17.1. The molecule has 1 aliphatic rings. The van der Waals surface area contributed by atoms with Gasteiger partial charge >= 0.3 is 5.69 Å². The van der Waals surface area contributed by atoms with Crippen LogP contribution in [0.25, 0.3) is 0 Å². The van der Waals surface area contributed by atoms with Crippen molar-refractivity contribution in [2.75, 3.05) is 31.1 Å². The van der Waals surface area contributed by atoms with Crippen molar-refractivity contribution in [1.82, 2.24) is 14.5 Å². The van der Waals surface area contributed by atoms with E-state index < -0.39 is 0 Å². The molecule has 0 radical (unpaired) electrons. The molecular formula is C29H30N4O2. The summed E-state index contributed by atoms with van der Waals surface area (Å²) < 4.78 is 1.17. The number of hydrogen-bond acceptors (Lipinski definition) is 4. The fourth-order valence-electron chi connectivity index (χ4n) is 4.97. The van der Waals surface area contributed by atoms with Gasteiger partial charge in [-0.3, -0.25) is 19.2 Å². The van der Waals surface area contributed by atoms with Crippen LogP contribution in [0.4, 0.5) is 5.82 Å². The zero-order valence-corrected chi connectivity index (χ0v) is 19.9. The lowest BCUT2D eigenvalue weighted by molar-refractivity contribution is 0.212. The van der Waals surface area contributed by atoms with Crippen LogP contribution in [-0.2, 0) is 13.5 Å². The van der Waals surface area contributed by atoms with Crippen LogP contribution < -0.4 is 16.1 Å². The molecule has 5 rings (SSSR count). The number of rotatable bonds is 6. The van der Waals surface area contributed by atoms with Crippen LogP contribution in [0.1, 0.15) is 28.3 Å². The molecule has 0 atom stereocenters. The molecule has 1 fully saturated rings. The monoisotopic (exact) mass is 466 g/mol. The van der Waals surface area contributed by atoms with Gasteiger partial charge in [-0.05, 0) is 16.7 Å². The Morgan fingerprint density at radius 2 is 1.26 bits per heavy atom. The van der Waals surface area contributed by atoms with E-state index in [1.54, 1.807) is 0 Å². The summed E-state index contributed by atoms with van der Waals surface area (Å²) in [6.45, 7) is 3.08. The third-order valence-corrected chi connectivity index (χ3v) is 6.83. The highest BCUT2D eigenvalue weighted by molar-refractivity contribution is 5.48. The fourth-order valence-corrected chi connectivity index (χ4v) is 4.97. The Labute approximate surface area is 205 Å². The van der Waals surface area contributed by atoms with Gasteiger partial charge in [0.2, 0.25) is 0 Å². The van der Waals surface area contributed by atoms with Crippen molar-refractivity contribution in [2.24, 2.45) is 7.05 Å². The van der Waals surface area contributed by atoms with Crippen molar-refractivity contribution < 1.29 is 0 Å². The van der Waals surface area contributed by atoms with E-state index in [4.69, 9.17) is 0 Å². The summed E-state index contributed by atoms with van der Waals surface area (Å²) in [5.74, 6) is 0.651. The number of aromatic amines is 1. The quantitative estimate of drug-likeness (QED) is 0.472. The van der Waals surface area contributed by atoms with Crippen LogP contribution >= 0.6 is 0 Å². The van der Waals surface area contributed by atoms with Crippen LogP contribution in [0.5, 0.6) is 0 Å². The normalized spacial score (nSPS) is 14.4. The Morgan fingerprint density at radius 3 is 1.80 bits per heavy atom. The summed E-state index contributed by atoms with van der Waals surface area (Å²) >= 11 is 0. The highest BCUT2D eigenvalue weighted by Gasteiger charge is 2.28. The van der Waals surface area contributed by atoms with Gasteiger partial charge in [0, 0.05) is 39.6 Å². The molecule has 0 unspecified atom stereocenters. The van der Waals surface area contributed by atoms with E-state index >= 15 is 0 Å². The smallest absolute Gasteiger partial charge is 0.329 e. The molecule has 6 nitrogen and oxygen atoms in total. The fraction of sp³-hybridized carbons (Fsp3) is 0.241. The molecule has 0 amide bonds. The van der Waals surface area contributed by atoms with Gasteiger partial charge < -0.3 is 4.90 Å². The van der Waals surface area contributed by atoms with E-state index in [0.29, 0.717) is 17.8 Å². The summed E-state index contributed by atoms with van der Waals surface area (Å²) in [6, 6.07) is 31.2. The standard InChI is InChI=1S/C29H30N4O2/c1-31-28(34)25(21-22-11-5-2-6-12-22)27(30-29(31)35)33-19-17-32(18-20-33)26(23-13-7-3-8-14-23)24-15-9-4-10-16-24/h2-16,26H,17-21H2,1H3,(H,30,35). The van der Waals surface area contributed by atoms with Gasteiger partial charge in [0.1, 0.15) is 5.82 Å². The number of benzene rings is 3. The lowest BCUT2D eigenvalue weighted by Crippen LogP contribution is -2.50. The molecular weight excluding hydrogens is 436 g/mol. The lowest BCUT2D eigenvalue weighted by Gasteiger charge is -2.40. The van der Waals surface area contributed by atoms with Gasteiger partial charge in [-0.1, -0.05) is 91.0 Å². The average molecular weight is 467 g/mol. The predicted octanol–water partition coefficient (Wildman–Crippen LogP) is 3.58. The van der Waals surface area contributed by atoms with Crippen molar-refractivity contribution in [3.8, 4) is 0 Å². The Hall–Kier alpha value is -3.90. The number of hydrogen-bond donors (Lipinski definition) is 1. The number of aromatic nitrogens is 2. The maximum atomic E-state index is 13.1. The summed E-state index contributed by atoms with van der Waals surface area (Å²) in [4.78, 5) is 33.3. The summed E-state index contributed by atoms with van der Waals surface area (Å²) in [5, 5.41) is 0. The van der Waals surface area contributed by atoms with Crippen molar-refractivity contribution in [3.63, 3.8) is 0 Å². The minimum Gasteiger partial charge on any atom is -0.355 e. The van der Waals surface area contributed by atoms with Gasteiger partial charge in [0.05, 0.1) is 11.6 Å². The molecule has 0 bridgehead atoms. The molecule has 1 saturated heterocycles. The van der Waals surface area contributed by atoms with Gasteiger partial charge in [-0.2, -0.15) is 0 Å². The maximum Gasteiger partial charge on any atom is 0.329 e. The lowest BCUT2D eigenvalue weighted by atomic mass is 9.96. The van der Waals surface area contributed by atoms with E-state index in [1.165, 1.54) is 22.7 Å². The summed E-state index contributed by atoms with van der Waals surface area (Å²) in [5.41, 5.74) is 3.59. The van der Waals surface area contributed by atoms with E-state index in [1.807, 2.05) is 42.5 Å². The molecule has 0 saturated carbocycles. The number of nitrogens with zero attached hydrogens (tertiary/aromatic N) is 3.